The Kier molecular flexibility index (Phi) is 31.7. The fraction of sp³-hybridized carbons (Fsp3) is 0.216. The first-order chi connectivity index (χ1) is 52.0. The maximum absolute atomic E-state index is 14.4. The van der Waals surface area contributed by atoms with Crippen molar-refractivity contribution in [2.24, 2.45) is 0 Å². The number of nitrogens with zero attached hydrogens (tertiary/aromatic N) is 4. The molecule has 0 aliphatic carbocycles. The van der Waals surface area contributed by atoms with Crippen molar-refractivity contribution in [3.8, 4) is 12.3 Å². The van der Waals surface area contributed by atoms with E-state index in [1.807, 2.05) is 95.6 Å². The van der Waals surface area contributed by atoms with Crippen LogP contribution >= 0.6 is 102 Å². The topological polar surface area (TPSA) is 338 Å². The number of carbonyl (C=O) groups is 4. The number of aliphatic hydroxyl groups excluding tert-OH is 6. The van der Waals surface area contributed by atoms with Gasteiger partial charge in [0.2, 0.25) is 0 Å². The third kappa shape index (κ3) is 22.5. The minimum absolute atomic E-state index is 0.00777. The second-order valence-corrected chi connectivity index (χ2v) is 30.7. The number of nitrogens with one attached hydrogen (secondary N) is 5. The number of thioether (sulfide) groups is 1. The quantitative estimate of drug-likeness (QED) is 0.00569. The van der Waals surface area contributed by atoms with Gasteiger partial charge in [0.1, 0.15) is 73.0 Å². The highest BCUT2D eigenvalue weighted by Gasteiger charge is 2.27. The highest BCUT2D eigenvalue weighted by Crippen LogP contribution is 2.39. The maximum atomic E-state index is 14.4. The SMILES string of the molecule is C#Cc1ccc(Nc2sc3ncccc3c2C(=O)NOCCO)c(F)c1.CSc1ccc(Cc2sc3ncccc3c2C(=O)NOCCO)c(F)c1.Cc1cnc2sc(Cc3ccc(I)cc3F)c(C(=O)NOC[C@@H](O)CO)c2c1.Cc1cnc2sc(Cc3ccc(I)cc3F)c(C(=O)NOC[C@H](O)CO)c2c1. The molecule has 34 heteroatoms. The summed E-state index contributed by atoms with van der Waals surface area (Å²) in [6.07, 6.45) is 12.4. The van der Waals surface area contributed by atoms with Gasteiger partial charge in [-0.1, -0.05) is 35.5 Å². The number of benzene rings is 4. The molecule has 4 amide bonds. The minimum Gasteiger partial charge on any atom is -0.394 e. The average Bonchev–Trinajstić information content (AvgIpc) is 1.66. The number of aryl methyl sites for hydroxylation is 2. The van der Waals surface area contributed by atoms with E-state index >= 15 is 0 Å². The largest absolute Gasteiger partial charge is 0.394 e. The van der Waals surface area contributed by atoms with Crippen LogP contribution in [0.4, 0.5) is 28.3 Å². The zero-order valence-corrected chi connectivity index (χ0v) is 65.7. The van der Waals surface area contributed by atoms with Crippen molar-refractivity contribution in [3.63, 3.8) is 0 Å². The fourth-order valence-electron chi connectivity index (χ4n) is 10.1. The van der Waals surface area contributed by atoms with E-state index in [-0.39, 0.29) is 87.6 Å². The summed E-state index contributed by atoms with van der Waals surface area (Å²) in [5.74, 6) is -1.12. The van der Waals surface area contributed by atoms with E-state index in [2.05, 4.69) is 53.1 Å². The Morgan fingerprint density at radius 1 is 0.519 bits per heavy atom. The second kappa shape index (κ2) is 40.9. The number of amides is 4. The molecule has 8 aromatic heterocycles. The predicted octanol–water partition coefficient (Wildman–Crippen LogP) is 12.1. The number of pyridine rings is 4. The molecule has 0 spiro atoms. The van der Waals surface area contributed by atoms with Crippen LogP contribution in [0, 0.1) is 56.6 Å². The van der Waals surface area contributed by atoms with Crippen LogP contribution in [-0.4, -0.2) is 146 Å². The Bertz CT molecular complexity index is 5060. The van der Waals surface area contributed by atoms with Gasteiger partial charge in [-0.05, 0) is 184 Å². The molecule has 0 unspecified atom stereocenters. The van der Waals surface area contributed by atoms with E-state index in [1.165, 1.54) is 87.4 Å². The lowest BCUT2D eigenvalue weighted by Crippen LogP contribution is -2.30. The first-order valence-corrected chi connectivity index (χ1v) is 38.9. The van der Waals surface area contributed by atoms with Crippen molar-refractivity contribution in [1.29, 1.82) is 0 Å². The Morgan fingerprint density at radius 3 is 1.36 bits per heavy atom. The van der Waals surface area contributed by atoms with E-state index in [1.54, 1.807) is 73.3 Å². The molecule has 108 heavy (non-hydrogen) atoms. The van der Waals surface area contributed by atoms with Gasteiger partial charge >= 0.3 is 0 Å². The molecule has 0 radical (unpaired) electrons. The Balaban J connectivity index is 0.000000166. The van der Waals surface area contributed by atoms with Crippen LogP contribution in [0.2, 0.25) is 0 Å². The standard InChI is InChI=1S/2C19H18FIN2O4S.C18H14FN3O3S.C18H17FN2O3S2/c2*1-10-4-14-17(18(26)23-27-9-13(25)8-24)16(28-19(14)22-7-10)5-11-2-3-12(21)6-15(11)20;1-2-11-5-6-14(13(19)10-11)21-18-15(16(24)22-25-9-8-23)12-4-3-7-20-17(12)26-18;1-25-12-5-4-11(14(19)10-12)9-15-16(17(23)21-24-8-7-22)13-3-2-6-20-18(13)26-15/h2*2-4,6-7,13,24-25H,5,8-9H2,1H3,(H,23,26);1,3-7,10,21,23H,8-9H2,(H,22,24);2-6,10,22H,7-9H2,1H3,(H,21,23)/t2*13-;;/m10../s1. The van der Waals surface area contributed by atoms with Crippen molar-refractivity contribution >= 4 is 177 Å². The number of carbonyl (C=O) groups excluding carboxylic acids is 4. The molecule has 0 fully saturated rings. The zero-order chi connectivity index (χ0) is 77.6. The number of hydrogen-bond donors (Lipinski definition) is 11. The summed E-state index contributed by atoms with van der Waals surface area (Å²) in [7, 11) is 0. The van der Waals surface area contributed by atoms with Gasteiger partial charge in [0.25, 0.3) is 23.6 Å². The Labute approximate surface area is 662 Å². The molecule has 0 saturated carbocycles. The molecular weight excluding hydrogens is 1730 g/mol. The summed E-state index contributed by atoms with van der Waals surface area (Å²) in [6, 6.07) is 30.1. The smallest absolute Gasteiger partial charge is 0.278 e. The summed E-state index contributed by atoms with van der Waals surface area (Å²) in [5.41, 5.74) is 14.4. The first-order valence-electron chi connectivity index (χ1n) is 32.3. The molecule has 0 aliphatic heterocycles. The molecule has 564 valence electrons. The summed E-state index contributed by atoms with van der Waals surface area (Å²) < 4.78 is 58.9. The summed E-state index contributed by atoms with van der Waals surface area (Å²) in [4.78, 5) is 93.2. The Hall–Kier alpha value is -8.31. The van der Waals surface area contributed by atoms with Crippen LogP contribution in [0.15, 0.2) is 139 Å². The van der Waals surface area contributed by atoms with Gasteiger partial charge < -0.3 is 36.0 Å². The van der Waals surface area contributed by atoms with E-state index in [0.717, 1.165) is 23.2 Å². The van der Waals surface area contributed by atoms with Crippen molar-refractivity contribution in [3.05, 3.63) is 235 Å². The number of aromatic nitrogens is 4. The van der Waals surface area contributed by atoms with Gasteiger partial charge in [-0.2, -0.15) is 0 Å². The number of aliphatic hydroxyl groups is 6. The third-order valence-corrected chi connectivity index (χ3v) is 21.6. The third-order valence-electron chi connectivity index (χ3n) is 15.2. The molecule has 11 N–H and O–H groups in total. The number of terminal acetylenes is 1. The average molecular weight is 1800 g/mol. The highest BCUT2D eigenvalue weighted by atomic mass is 127. The van der Waals surface area contributed by atoms with Gasteiger partial charge in [0, 0.05) is 97.8 Å². The predicted molar refractivity (Wildman–Crippen MR) is 424 cm³/mol. The van der Waals surface area contributed by atoms with Gasteiger partial charge in [-0.3, -0.25) is 38.5 Å². The Morgan fingerprint density at radius 2 is 0.935 bits per heavy atom. The normalized spacial score (nSPS) is 11.6. The van der Waals surface area contributed by atoms with Gasteiger partial charge in [0.15, 0.2) is 0 Å². The lowest BCUT2D eigenvalue weighted by atomic mass is 10.0. The van der Waals surface area contributed by atoms with Crippen molar-refractivity contribution in [2.45, 2.75) is 50.2 Å². The number of thiophene rings is 4. The molecule has 0 aliphatic rings. The molecule has 12 aromatic rings. The van der Waals surface area contributed by atoms with Crippen molar-refractivity contribution in [2.75, 3.05) is 64.4 Å². The minimum atomic E-state index is -1.09. The fourth-order valence-corrected chi connectivity index (χ4v) is 16.0. The maximum Gasteiger partial charge on any atom is 0.278 e. The highest BCUT2D eigenvalue weighted by molar-refractivity contribution is 14.1. The summed E-state index contributed by atoms with van der Waals surface area (Å²) in [5, 5.41) is 59.8. The van der Waals surface area contributed by atoms with Crippen LogP contribution < -0.4 is 27.2 Å². The molecule has 23 nitrogen and oxygen atoms in total. The van der Waals surface area contributed by atoms with Crippen LogP contribution in [0.25, 0.3) is 40.9 Å². The van der Waals surface area contributed by atoms with Crippen LogP contribution in [0.3, 0.4) is 0 Å². The van der Waals surface area contributed by atoms with E-state index in [9.17, 15) is 47.0 Å². The van der Waals surface area contributed by atoms with Crippen LogP contribution in [0.1, 0.15) is 89.4 Å². The number of hydrogen-bond acceptors (Lipinski definition) is 24. The lowest BCUT2D eigenvalue weighted by molar-refractivity contribution is -0.0295. The molecular formula is C74H67F4I2N9O14S5. The number of fused-ring (bicyclic) bond motifs is 4. The van der Waals surface area contributed by atoms with E-state index in [0.29, 0.717) is 99.4 Å². The summed E-state index contributed by atoms with van der Waals surface area (Å²) in [6.45, 7) is 1.82. The van der Waals surface area contributed by atoms with Crippen LogP contribution in [-0.2, 0) is 38.6 Å². The zero-order valence-electron chi connectivity index (χ0n) is 57.3. The van der Waals surface area contributed by atoms with Gasteiger partial charge in [-0.15, -0.1) is 52.2 Å². The van der Waals surface area contributed by atoms with Crippen LogP contribution in [0.5, 0.6) is 0 Å². The van der Waals surface area contributed by atoms with E-state index < -0.39 is 54.9 Å². The van der Waals surface area contributed by atoms with Crippen molar-refractivity contribution < 1.29 is 86.7 Å². The first kappa shape index (κ1) is 83.7. The van der Waals surface area contributed by atoms with Crippen molar-refractivity contribution in [1.82, 2.24) is 41.9 Å². The monoisotopic (exact) mass is 1800 g/mol. The van der Waals surface area contributed by atoms with Gasteiger partial charge in [0.05, 0.1) is 67.6 Å². The molecule has 4 aromatic carbocycles. The summed E-state index contributed by atoms with van der Waals surface area (Å²) >= 11 is 10.8. The molecule has 8 heterocycles. The number of anilines is 2. The molecule has 12 rings (SSSR count). The number of halogens is 6. The van der Waals surface area contributed by atoms with E-state index in [4.69, 9.17) is 46.2 Å². The molecule has 2 atom stereocenters. The molecule has 0 saturated heterocycles. The number of hydroxylamine groups is 4. The number of rotatable bonds is 27. The van der Waals surface area contributed by atoms with Gasteiger partial charge in [-0.25, -0.2) is 59.4 Å². The lowest BCUT2D eigenvalue weighted by Gasteiger charge is -2.10. The molecule has 0 bridgehead atoms. The second-order valence-electron chi connectivity index (χ2n) is 23.0.